The van der Waals surface area contributed by atoms with Crippen LogP contribution in [0.25, 0.3) is 5.82 Å². The van der Waals surface area contributed by atoms with E-state index >= 15 is 0 Å². The maximum absolute atomic E-state index is 12.6. The summed E-state index contributed by atoms with van der Waals surface area (Å²) in [5.74, 6) is 0.136. The quantitative estimate of drug-likeness (QED) is 0.321. The van der Waals surface area contributed by atoms with Crippen LogP contribution in [0.1, 0.15) is 27.3 Å². The fourth-order valence-corrected chi connectivity index (χ4v) is 2.88. The van der Waals surface area contributed by atoms with Crippen LogP contribution in [0.3, 0.4) is 0 Å². The van der Waals surface area contributed by atoms with Crippen LogP contribution in [0.2, 0.25) is 5.02 Å². The number of halogens is 1. The summed E-state index contributed by atoms with van der Waals surface area (Å²) in [6.07, 6.45) is 1.49. The van der Waals surface area contributed by atoms with Gasteiger partial charge >= 0.3 is 0 Å². The average Bonchev–Trinajstić information content (AvgIpc) is 3.38. The molecule has 0 saturated carbocycles. The lowest BCUT2D eigenvalue weighted by molar-refractivity contribution is 0.0946. The third-order valence-corrected chi connectivity index (χ3v) is 4.56. The summed E-state index contributed by atoms with van der Waals surface area (Å²) in [5, 5.41) is 19.5. The van der Waals surface area contributed by atoms with Crippen molar-refractivity contribution in [3.63, 3.8) is 0 Å². The van der Waals surface area contributed by atoms with Crippen LogP contribution in [0.4, 0.5) is 5.82 Å². The molecule has 0 aliphatic rings. The Kier molecular flexibility index (Phi) is 6.08. The number of aromatic nitrogens is 5. The number of anilines is 1. The zero-order valence-electron chi connectivity index (χ0n) is 16.8. The van der Waals surface area contributed by atoms with E-state index in [9.17, 15) is 4.79 Å². The van der Waals surface area contributed by atoms with Crippen LogP contribution in [-0.4, -0.2) is 37.4 Å². The van der Waals surface area contributed by atoms with Crippen LogP contribution >= 0.6 is 11.6 Å². The van der Waals surface area contributed by atoms with Crippen molar-refractivity contribution in [3.05, 3.63) is 76.1 Å². The molecular formula is C20H17ClN8O3. The topological polar surface area (TPSA) is 146 Å². The van der Waals surface area contributed by atoms with Gasteiger partial charge in [0.2, 0.25) is 11.6 Å². The molecule has 4 rings (SSSR count). The molecule has 0 atom stereocenters. The summed E-state index contributed by atoms with van der Waals surface area (Å²) >= 11 is 5.89. The molecule has 0 aliphatic carbocycles. The molecule has 0 fully saturated rings. The van der Waals surface area contributed by atoms with Gasteiger partial charge in [-0.15, -0.1) is 5.10 Å². The minimum atomic E-state index is -0.554. The van der Waals surface area contributed by atoms with Crippen molar-refractivity contribution in [1.82, 2.24) is 30.7 Å². The number of carbonyl (C=O) groups is 1. The molecule has 162 valence electrons. The molecule has 11 nitrogen and oxygen atoms in total. The Morgan fingerprint density at radius 3 is 2.84 bits per heavy atom. The summed E-state index contributed by atoms with van der Waals surface area (Å²) < 4.78 is 11.5. The Morgan fingerprint density at radius 2 is 2.09 bits per heavy atom. The zero-order valence-corrected chi connectivity index (χ0v) is 17.5. The molecular weight excluding hydrogens is 436 g/mol. The largest absolute Gasteiger partial charge is 0.489 e. The van der Waals surface area contributed by atoms with E-state index in [-0.39, 0.29) is 17.3 Å². The highest BCUT2D eigenvalue weighted by Gasteiger charge is 2.22. The Hall–Kier alpha value is -4.25. The van der Waals surface area contributed by atoms with Gasteiger partial charge in [0, 0.05) is 5.02 Å². The van der Waals surface area contributed by atoms with Crippen molar-refractivity contribution in [2.75, 3.05) is 5.73 Å². The maximum Gasteiger partial charge on any atom is 0.292 e. The fourth-order valence-electron chi connectivity index (χ4n) is 2.75. The standard InChI is InChI=1S/C20H17ClN8O3/c1-12-17(29(28-24-12)19-18(22)26-32-27-19)20(30)25-23-10-14-3-2-4-16(9-14)31-11-13-5-7-15(21)8-6-13/h2-10H,11H2,1H3,(H2,22,26)(H,25,30)/b23-10-. The lowest BCUT2D eigenvalue weighted by Crippen LogP contribution is -2.22. The number of amides is 1. The molecule has 32 heavy (non-hydrogen) atoms. The second-order valence-corrected chi connectivity index (χ2v) is 7.03. The lowest BCUT2D eigenvalue weighted by atomic mass is 10.2. The number of nitrogens with two attached hydrogens (primary N) is 1. The van der Waals surface area contributed by atoms with Crippen molar-refractivity contribution in [3.8, 4) is 11.6 Å². The molecule has 0 bridgehead atoms. The van der Waals surface area contributed by atoms with Crippen molar-refractivity contribution < 1.29 is 14.2 Å². The smallest absolute Gasteiger partial charge is 0.292 e. The lowest BCUT2D eigenvalue weighted by Gasteiger charge is -2.07. The van der Waals surface area contributed by atoms with Gasteiger partial charge in [0.25, 0.3) is 5.91 Å². The average molecular weight is 453 g/mol. The van der Waals surface area contributed by atoms with Gasteiger partial charge in [0.1, 0.15) is 12.4 Å². The normalized spacial score (nSPS) is 11.1. The van der Waals surface area contributed by atoms with Crippen molar-refractivity contribution >= 4 is 29.5 Å². The number of nitrogens with zero attached hydrogens (tertiary/aromatic N) is 6. The van der Waals surface area contributed by atoms with Gasteiger partial charge in [-0.25, -0.2) is 10.1 Å². The highest BCUT2D eigenvalue weighted by Crippen LogP contribution is 2.17. The highest BCUT2D eigenvalue weighted by atomic mass is 35.5. The highest BCUT2D eigenvalue weighted by molar-refractivity contribution is 6.30. The number of aryl methyl sites for hydroxylation is 1. The van der Waals surface area contributed by atoms with E-state index in [2.05, 4.69) is 35.8 Å². The molecule has 3 N–H and O–H groups in total. The van der Waals surface area contributed by atoms with Gasteiger partial charge in [0.05, 0.1) is 11.9 Å². The first kappa shape index (κ1) is 21.0. The molecule has 12 heteroatoms. The summed E-state index contributed by atoms with van der Waals surface area (Å²) in [7, 11) is 0. The third kappa shape index (κ3) is 4.73. The van der Waals surface area contributed by atoms with Crippen LogP contribution in [0.15, 0.2) is 58.3 Å². The molecule has 4 aromatic rings. The number of hydrogen-bond acceptors (Lipinski definition) is 9. The summed E-state index contributed by atoms with van der Waals surface area (Å²) in [6.45, 7) is 2.01. The molecule has 0 spiro atoms. The van der Waals surface area contributed by atoms with Crippen LogP contribution in [-0.2, 0) is 6.61 Å². The van der Waals surface area contributed by atoms with Gasteiger partial charge in [0.15, 0.2) is 5.69 Å². The summed E-state index contributed by atoms with van der Waals surface area (Å²) in [6, 6.07) is 14.7. The second kappa shape index (κ2) is 9.27. The molecule has 0 radical (unpaired) electrons. The van der Waals surface area contributed by atoms with E-state index < -0.39 is 5.91 Å². The second-order valence-electron chi connectivity index (χ2n) is 6.60. The number of rotatable bonds is 7. The molecule has 2 heterocycles. The Morgan fingerprint density at radius 1 is 1.28 bits per heavy atom. The first-order chi connectivity index (χ1) is 15.5. The maximum atomic E-state index is 12.6. The number of hydrazone groups is 1. The molecule has 0 unspecified atom stereocenters. The summed E-state index contributed by atoms with van der Waals surface area (Å²) in [5.41, 5.74) is 10.3. The SMILES string of the molecule is Cc1nnn(-c2nonc2N)c1C(=O)N/N=C\c1cccc(OCc2ccc(Cl)cc2)c1. The van der Waals surface area contributed by atoms with Crippen LogP contribution in [0, 0.1) is 6.92 Å². The van der Waals surface area contributed by atoms with E-state index in [4.69, 9.17) is 22.1 Å². The molecule has 2 aromatic carbocycles. The van der Waals surface area contributed by atoms with Gasteiger partial charge in [-0.2, -0.15) is 9.78 Å². The Labute approximate surface area is 186 Å². The third-order valence-electron chi connectivity index (χ3n) is 4.31. The van der Waals surface area contributed by atoms with Gasteiger partial charge < -0.3 is 10.5 Å². The number of ether oxygens (including phenoxy) is 1. The molecule has 2 aromatic heterocycles. The number of carbonyl (C=O) groups excluding carboxylic acids is 1. The van der Waals surface area contributed by atoms with E-state index in [0.717, 1.165) is 15.8 Å². The van der Waals surface area contributed by atoms with Crippen molar-refractivity contribution in [2.45, 2.75) is 13.5 Å². The van der Waals surface area contributed by atoms with E-state index in [1.165, 1.54) is 6.21 Å². The summed E-state index contributed by atoms with van der Waals surface area (Å²) in [4.78, 5) is 12.6. The van der Waals surface area contributed by atoms with Gasteiger partial charge in [-0.3, -0.25) is 4.79 Å². The minimum Gasteiger partial charge on any atom is -0.489 e. The minimum absolute atomic E-state index is 0.0251. The molecule has 0 saturated heterocycles. The Balaban J connectivity index is 1.41. The van der Waals surface area contributed by atoms with Gasteiger partial charge in [-0.1, -0.05) is 41.1 Å². The van der Waals surface area contributed by atoms with Gasteiger partial charge in [-0.05, 0) is 52.6 Å². The van der Waals surface area contributed by atoms with E-state index in [1.54, 1.807) is 13.0 Å². The monoisotopic (exact) mass is 452 g/mol. The van der Waals surface area contributed by atoms with E-state index in [0.29, 0.717) is 23.1 Å². The fraction of sp³-hybridized carbons (Fsp3) is 0.100. The first-order valence-electron chi connectivity index (χ1n) is 9.32. The molecule has 1 amide bonds. The number of hydrogen-bond donors (Lipinski definition) is 2. The number of nitrogen functional groups attached to an aromatic ring is 1. The predicted molar refractivity (Wildman–Crippen MR) is 116 cm³/mol. The predicted octanol–water partition coefficient (Wildman–Crippen LogP) is 2.54. The number of nitrogens with one attached hydrogen (secondary N) is 1. The number of benzene rings is 2. The van der Waals surface area contributed by atoms with Crippen molar-refractivity contribution in [2.24, 2.45) is 5.10 Å². The molecule has 0 aliphatic heterocycles. The zero-order chi connectivity index (χ0) is 22.5. The van der Waals surface area contributed by atoms with E-state index in [1.807, 2.05) is 42.5 Å². The van der Waals surface area contributed by atoms with Crippen LogP contribution < -0.4 is 15.9 Å². The first-order valence-corrected chi connectivity index (χ1v) is 9.70. The van der Waals surface area contributed by atoms with Crippen molar-refractivity contribution in [1.29, 1.82) is 0 Å². The van der Waals surface area contributed by atoms with Crippen LogP contribution in [0.5, 0.6) is 5.75 Å². The Bertz CT molecular complexity index is 1270.